The van der Waals surface area contributed by atoms with Gasteiger partial charge in [-0.05, 0) is 54.7 Å². The minimum atomic E-state index is -0.0558. The number of pyridine rings is 1. The molecule has 1 amide bonds. The van der Waals surface area contributed by atoms with Crippen molar-refractivity contribution in [1.82, 2.24) is 19.7 Å². The van der Waals surface area contributed by atoms with Gasteiger partial charge < -0.3 is 10.1 Å². The van der Waals surface area contributed by atoms with Gasteiger partial charge in [0, 0.05) is 30.8 Å². The van der Waals surface area contributed by atoms with E-state index in [1.165, 1.54) is 29.3 Å². The Balaban J connectivity index is 1.43. The van der Waals surface area contributed by atoms with Gasteiger partial charge in [0.05, 0.1) is 18.9 Å². The third-order valence-electron chi connectivity index (χ3n) is 4.89. The molecule has 0 aliphatic heterocycles. The number of nitrogens with one attached hydrogen (secondary N) is 1. The maximum absolute atomic E-state index is 12.5. The number of fused-ring (bicyclic) bond motifs is 1. The van der Waals surface area contributed by atoms with Crippen LogP contribution in [-0.4, -0.2) is 45.1 Å². The second-order valence-electron chi connectivity index (χ2n) is 6.86. The molecule has 29 heavy (non-hydrogen) atoms. The van der Waals surface area contributed by atoms with E-state index in [2.05, 4.69) is 32.6 Å². The van der Waals surface area contributed by atoms with Crippen LogP contribution in [0.2, 0.25) is 0 Å². The summed E-state index contributed by atoms with van der Waals surface area (Å²) in [6.45, 7) is 1.14. The smallest absolute Gasteiger partial charge is 0.234 e. The lowest BCUT2D eigenvalue weighted by molar-refractivity contribution is -0.113. The third kappa shape index (κ3) is 4.65. The molecular formula is C21H23N5O2S. The topological polar surface area (TPSA) is 81.9 Å². The Kier molecular flexibility index (Phi) is 6.21. The van der Waals surface area contributed by atoms with E-state index in [9.17, 15) is 4.79 Å². The van der Waals surface area contributed by atoms with Gasteiger partial charge >= 0.3 is 0 Å². The standard InChI is InChI=1S/C21H23N5O2S/c1-28-12-11-26-20(16-7-9-22-10-8-16)24-25-21(26)29-14-19(27)23-18-6-5-15-3-2-4-17(15)13-18/h5-10,13H,2-4,11-12,14H2,1H3,(H,23,27). The van der Waals surface area contributed by atoms with E-state index < -0.39 is 0 Å². The number of carbonyl (C=O) groups is 1. The average Bonchev–Trinajstić information content (AvgIpc) is 3.37. The fourth-order valence-corrected chi connectivity index (χ4v) is 4.24. The van der Waals surface area contributed by atoms with E-state index in [1.807, 2.05) is 22.8 Å². The molecule has 0 atom stereocenters. The first-order valence-corrected chi connectivity index (χ1v) is 10.6. The molecule has 0 bridgehead atoms. The Hall–Kier alpha value is -2.71. The number of anilines is 1. The number of amides is 1. The van der Waals surface area contributed by atoms with Crippen LogP contribution in [0.5, 0.6) is 0 Å². The van der Waals surface area contributed by atoms with Crippen molar-refractivity contribution in [2.75, 3.05) is 24.8 Å². The highest BCUT2D eigenvalue weighted by atomic mass is 32.2. The lowest BCUT2D eigenvalue weighted by Crippen LogP contribution is -2.15. The van der Waals surface area contributed by atoms with Crippen LogP contribution in [0.1, 0.15) is 17.5 Å². The highest BCUT2D eigenvalue weighted by Gasteiger charge is 2.16. The average molecular weight is 410 g/mol. The van der Waals surface area contributed by atoms with E-state index in [4.69, 9.17) is 4.74 Å². The van der Waals surface area contributed by atoms with Crippen LogP contribution in [0.4, 0.5) is 5.69 Å². The monoisotopic (exact) mass is 409 g/mol. The number of ether oxygens (including phenoxy) is 1. The van der Waals surface area contributed by atoms with Crippen LogP contribution < -0.4 is 5.32 Å². The molecule has 0 radical (unpaired) electrons. The molecule has 0 spiro atoms. The summed E-state index contributed by atoms with van der Waals surface area (Å²) in [4.78, 5) is 16.5. The largest absolute Gasteiger partial charge is 0.383 e. The second kappa shape index (κ2) is 9.19. The number of carbonyl (C=O) groups excluding carboxylic acids is 1. The fourth-order valence-electron chi connectivity index (χ4n) is 3.47. The summed E-state index contributed by atoms with van der Waals surface area (Å²) < 4.78 is 7.20. The van der Waals surface area contributed by atoms with Gasteiger partial charge in [-0.15, -0.1) is 10.2 Å². The Morgan fingerprint density at radius 2 is 2.00 bits per heavy atom. The van der Waals surface area contributed by atoms with Gasteiger partial charge in [-0.1, -0.05) is 17.8 Å². The highest BCUT2D eigenvalue weighted by Crippen LogP contribution is 2.26. The molecule has 0 unspecified atom stereocenters. The van der Waals surface area contributed by atoms with E-state index in [0.29, 0.717) is 18.3 Å². The summed E-state index contributed by atoms with van der Waals surface area (Å²) in [5.74, 6) is 0.948. The van der Waals surface area contributed by atoms with Crippen LogP contribution in [0.15, 0.2) is 47.9 Å². The molecule has 0 saturated heterocycles. The fraction of sp³-hybridized carbons (Fsp3) is 0.333. The summed E-state index contributed by atoms with van der Waals surface area (Å²) >= 11 is 1.37. The number of hydrogen-bond donors (Lipinski definition) is 1. The molecule has 3 aromatic rings. The summed E-state index contributed by atoms with van der Waals surface area (Å²) in [7, 11) is 1.66. The predicted octanol–water partition coefficient (Wildman–Crippen LogP) is 3.21. The van der Waals surface area contributed by atoms with Crippen LogP contribution in [0.3, 0.4) is 0 Å². The Bertz CT molecular complexity index is 990. The number of rotatable bonds is 8. The Morgan fingerprint density at radius 1 is 1.17 bits per heavy atom. The van der Waals surface area contributed by atoms with Gasteiger partial charge in [-0.2, -0.15) is 0 Å². The molecule has 7 nitrogen and oxygen atoms in total. The maximum Gasteiger partial charge on any atom is 0.234 e. The van der Waals surface area contributed by atoms with Crippen LogP contribution >= 0.6 is 11.8 Å². The van der Waals surface area contributed by atoms with Crippen molar-refractivity contribution in [1.29, 1.82) is 0 Å². The summed E-state index contributed by atoms with van der Waals surface area (Å²) in [5.41, 5.74) is 4.52. The van der Waals surface area contributed by atoms with Crippen LogP contribution in [0, 0.1) is 0 Å². The SMILES string of the molecule is COCCn1c(SCC(=O)Nc2ccc3c(c2)CCC3)nnc1-c1ccncc1. The molecule has 2 heterocycles. The molecular weight excluding hydrogens is 386 g/mol. The Morgan fingerprint density at radius 3 is 2.83 bits per heavy atom. The normalized spacial score (nSPS) is 12.7. The van der Waals surface area contributed by atoms with Crippen molar-refractivity contribution in [2.45, 2.75) is 31.0 Å². The number of methoxy groups -OCH3 is 1. The van der Waals surface area contributed by atoms with Crippen LogP contribution in [-0.2, 0) is 28.9 Å². The first-order chi connectivity index (χ1) is 14.2. The van der Waals surface area contributed by atoms with Gasteiger partial charge in [0.1, 0.15) is 0 Å². The zero-order chi connectivity index (χ0) is 20.1. The maximum atomic E-state index is 12.5. The zero-order valence-corrected chi connectivity index (χ0v) is 17.1. The first-order valence-electron chi connectivity index (χ1n) is 9.61. The van der Waals surface area contributed by atoms with E-state index in [1.54, 1.807) is 19.5 Å². The first kappa shape index (κ1) is 19.6. The molecule has 0 saturated carbocycles. The number of nitrogens with zero attached hydrogens (tertiary/aromatic N) is 4. The molecule has 1 aliphatic carbocycles. The molecule has 1 aromatic carbocycles. The number of thioether (sulfide) groups is 1. The van der Waals surface area contributed by atoms with Gasteiger partial charge in [0.25, 0.3) is 0 Å². The number of hydrogen-bond acceptors (Lipinski definition) is 6. The summed E-state index contributed by atoms with van der Waals surface area (Å²) in [5, 5.41) is 12.3. The van der Waals surface area contributed by atoms with Crippen molar-refractivity contribution >= 4 is 23.4 Å². The van der Waals surface area contributed by atoms with Crippen molar-refractivity contribution < 1.29 is 9.53 Å². The second-order valence-corrected chi connectivity index (χ2v) is 7.80. The van der Waals surface area contributed by atoms with E-state index in [-0.39, 0.29) is 11.7 Å². The highest BCUT2D eigenvalue weighted by molar-refractivity contribution is 7.99. The summed E-state index contributed by atoms with van der Waals surface area (Å²) in [6, 6.07) is 9.97. The third-order valence-corrected chi connectivity index (χ3v) is 5.86. The molecule has 8 heteroatoms. The predicted molar refractivity (Wildman–Crippen MR) is 113 cm³/mol. The molecule has 4 rings (SSSR count). The van der Waals surface area contributed by atoms with Gasteiger partial charge in [-0.3, -0.25) is 14.3 Å². The molecule has 2 aromatic heterocycles. The Labute approximate surface area is 173 Å². The lowest BCUT2D eigenvalue weighted by atomic mass is 10.1. The molecule has 1 N–H and O–H groups in total. The van der Waals surface area contributed by atoms with Gasteiger partial charge in [0.2, 0.25) is 5.91 Å². The van der Waals surface area contributed by atoms with Crippen molar-refractivity contribution in [3.05, 3.63) is 53.9 Å². The number of aromatic nitrogens is 4. The quantitative estimate of drug-likeness (QED) is 0.576. The molecule has 150 valence electrons. The lowest BCUT2D eigenvalue weighted by Gasteiger charge is -2.10. The molecule has 1 aliphatic rings. The van der Waals surface area contributed by atoms with Crippen molar-refractivity contribution in [3.63, 3.8) is 0 Å². The molecule has 0 fully saturated rings. The van der Waals surface area contributed by atoms with E-state index in [0.717, 1.165) is 29.9 Å². The zero-order valence-electron chi connectivity index (χ0n) is 16.3. The minimum absolute atomic E-state index is 0.0558. The number of benzene rings is 1. The number of aryl methyl sites for hydroxylation is 2. The van der Waals surface area contributed by atoms with E-state index >= 15 is 0 Å². The minimum Gasteiger partial charge on any atom is -0.383 e. The van der Waals surface area contributed by atoms with Crippen molar-refractivity contribution in [3.8, 4) is 11.4 Å². The van der Waals surface area contributed by atoms with Gasteiger partial charge in [-0.25, -0.2) is 0 Å². The van der Waals surface area contributed by atoms with Crippen molar-refractivity contribution in [2.24, 2.45) is 0 Å². The van der Waals surface area contributed by atoms with Gasteiger partial charge in [0.15, 0.2) is 11.0 Å². The van der Waals surface area contributed by atoms with Crippen LogP contribution in [0.25, 0.3) is 11.4 Å². The summed E-state index contributed by atoms with van der Waals surface area (Å²) in [6.07, 6.45) is 6.87.